The summed E-state index contributed by atoms with van der Waals surface area (Å²) in [4.78, 5) is 26.5. The summed E-state index contributed by atoms with van der Waals surface area (Å²) in [5.41, 5.74) is 0.841. The Labute approximate surface area is 179 Å². The summed E-state index contributed by atoms with van der Waals surface area (Å²) in [6, 6.07) is 6.18. The van der Waals surface area contributed by atoms with E-state index in [9.17, 15) is 18.0 Å². The van der Waals surface area contributed by atoms with Crippen LogP contribution >= 0.6 is 0 Å². The summed E-state index contributed by atoms with van der Waals surface area (Å²) < 4.78 is 33.0. The van der Waals surface area contributed by atoms with Crippen molar-refractivity contribution in [3.05, 3.63) is 56.5 Å². The lowest BCUT2D eigenvalue weighted by molar-refractivity contribution is 0.558. The van der Waals surface area contributed by atoms with Gasteiger partial charge in [0.1, 0.15) is 0 Å². The zero-order chi connectivity index (χ0) is 22.1. The van der Waals surface area contributed by atoms with E-state index in [1.54, 1.807) is 17.8 Å². The smallest absolute Gasteiger partial charge is 0.287 e. The lowest BCUT2D eigenvalue weighted by Crippen LogP contribution is -2.40. The van der Waals surface area contributed by atoms with Crippen LogP contribution in [-0.2, 0) is 23.6 Å². The molecule has 31 heavy (non-hydrogen) atoms. The van der Waals surface area contributed by atoms with Gasteiger partial charge in [-0.25, -0.2) is 17.9 Å². The van der Waals surface area contributed by atoms with Crippen LogP contribution in [0.15, 0.2) is 38.8 Å². The van der Waals surface area contributed by atoms with Gasteiger partial charge in [-0.2, -0.15) is 5.10 Å². The number of nitrogens with one attached hydrogen (secondary N) is 1. The van der Waals surface area contributed by atoms with Gasteiger partial charge in [0, 0.05) is 18.6 Å². The van der Waals surface area contributed by atoms with Crippen LogP contribution in [0.25, 0.3) is 10.9 Å². The summed E-state index contributed by atoms with van der Waals surface area (Å²) in [7, 11) is -1.96. The van der Waals surface area contributed by atoms with Crippen molar-refractivity contribution in [1.82, 2.24) is 23.6 Å². The molecule has 2 aliphatic carbocycles. The van der Waals surface area contributed by atoms with Gasteiger partial charge in [-0.15, -0.1) is 0 Å². The molecule has 3 aromatic rings. The van der Waals surface area contributed by atoms with Gasteiger partial charge in [-0.1, -0.05) is 0 Å². The number of benzene rings is 1. The van der Waals surface area contributed by atoms with Crippen molar-refractivity contribution in [3.8, 4) is 0 Å². The Kier molecular flexibility index (Phi) is 4.32. The Morgan fingerprint density at radius 2 is 1.90 bits per heavy atom. The van der Waals surface area contributed by atoms with Crippen LogP contribution in [0, 0.1) is 6.92 Å². The molecule has 0 bridgehead atoms. The van der Waals surface area contributed by atoms with Crippen molar-refractivity contribution in [2.24, 2.45) is 7.05 Å². The van der Waals surface area contributed by atoms with Crippen LogP contribution in [-0.4, -0.2) is 32.9 Å². The molecule has 10 heteroatoms. The van der Waals surface area contributed by atoms with Gasteiger partial charge >= 0.3 is 5.69 Å². The molecule has 0 radical (unpaired) electrons. The van der Waals surface area contributed by atoms with Crippen LogP contribution < -0.4 is 16.0 Å². The minimum atomic E-state index is -3.77. The molecule has 2 aromatic heterocycles. The van der Waals surface area contributed by atoms with Crippen molar-refractivity contribution < 1.29 is 8.42 Å². The van der Waals surface area contributed by atoms with Gasteiger partial charge in [-0.3, -0.25) is 18.6 Å². The maximum absolute atomic E-state index is 13.3. The Hall–Kier alpha value is -2.72. The lowest BCUT2D eigenvalue weighted by atomic mass is 10.2. The van der Waals surface area contributed by atoms with E-state index < -0.39 is 21.1 Å². The zero-order valence-corrected chi connectivity index (χ0v) is 18.6. The fourth-order valence-electron chi connectivity index (χ4n) is 3.99. The maximum atomic E-state index is 13.3. The fraction of sp³-hybridized carbons (Fsp3) is 0.476. The molecule has 0 spiro atoms. The molecule has 1 N–H and O–H groups in total. The van der Waals surface area contributed by atoms with Crippen molar-refractivity contribution in [2.45, 2.75) is 62.6 Å². The topological polar surface area (TPSA) is 108 Å². The number of aryl methyl sites for hydroxylation is 2. The highest BCUT2D eigenvalue weighted by Gasteiger charge is 2.41. The van der Waals surface area contributed by atoms with Gasteiger partial charge in [0.25, 0.3) is 5.56 Å². The number of nitrogens with zero attached hydrogens (tertiary/aromatic N) is 4. The van der Waals surface area contributed by atoms with Gasteiger partial charge in [-0.05, 0) is 63.8 Å². The van der Waals surface area contributed by atoms with E-state index in [-0.39, 0.29) is 28.6 Å². The largest absolute Gasteiger partial charge is 0.332 e. The first-order valence-corrected chi connectivity index (χ1v) is 11.9. The predicted molar refractivity (Wildman–Crippen MR) is 116 cm³/mol. The zero-order valence-electron chi connectivity index (χ0n) is 17.8. The molecule has 0 amide bonds. The highest BCUT2D eigenvalue weighted by molar-refractivity contribution is 7.89. The molecule has 0 aliphatic heterocycles. The predicted octanol–water partition coefficient (Wildman–Crippen LogP) is 1.42. The summed E-state index contributed by atoms with van der Waals surface area (Å²) in [6.07, 6.45) is 3.11. The molecule has 9 nitrogen and oxygen atoms in total. The quantitative estimate of drug-likeness (QED) is 0.620. The van der Waals surface area contributed by atoms with E-state index in [0.717, 1.165) is 37.1 Å². The van der Waals surface area contributed by atoms with E-state index >= 15 is 0 Å². The monoisotopic (exact) mass is 443 g/mol. The van der Waals surface area contributed by atoms with E-state index in [4.69, 9.17) is 0 Å². The highest BCUT2D eigenvalue weighted by atomic mass is 32.2. The summed E-state index contributed by atoms with van der Waals surface area (Å²) in [5.74, 6) is 0. The molecule has 164 valence electrons. The summed E-state index contributed by atoms with van der Waals surface area (Å²) in [5, 5.41) is 4.57. The third-order valence-corrected chi connectivity index (χ3v) is 7.80. The highest BCUT2D eigenvalue weighted by Crippen LogP contribution is 2.36. The molecule has 2 heterocycles. The minimum Gasteiger partial charge on any atom is -0.287 e. The first kappa shape index (κ1) is 20.2. The SMILES string of the molecule is Cc1cc(Cn2c(=O)n(C3CC3)c(=O)c3cc(S(=O)(=O)NC4(C)CC4)ccc32)n(C)n1. The molecular formula is C21H25N5O4S. The number of rotatable bonds is 6. The molecule has 0 saturated heterocycles. The molecule has 0 atom stereocenters. The molecule has 0 unspecified atom stereocenters. The number of aromatic nitrogens is 4. The Morgan fingerprint density at radius 1 is 1.19 bits per heavy atom. The number of sulfonamides is 1. The number of fused-ring (bicyclic) bond motifs is 1. The Balaban J connectivity index is 1.70. The van der Waals surface area contributed by atoms with Gasteiger partial charge in [0.15, 0.2) is 0 Å². The van der Waals surface area contributed by atoms with Crippen LogP contribution in [0.4, 0.5) is 0 Å². The molecule has 2 aliphatic rings. The molecule has 5 rings (SSSR count). The van der Waals surface area contributed by atoms with Crippen LogP contribution in [0.3, 0.4) is 0 Å². The van der Waals surface area contributed by atoms with E-state index in [2.05, 4.69) is 9.82 Å². The van der Waals surface area contributed by atoms with E-state index in [1.165, 1.54) is 21.3 Å². The Bertz CT molecular complexity index is 1440. The Morgan fingerprint density at radius 3 is 2.48 bits per heavy atom. The number of hydrogen-bond acceptors (Lipinski definition) is 5. The van der Waals surface area contributed by atoms with E-state index in [0.29, 0.717) is 5.52 Å². The minimum absolute atomic E-state index is 0.0362. The molecule has 2 saturated carbocycles. The van der Waals surface area contributed by atoms with Gasteiger partial charge in [0.05, 0.1) is 33.7 Å². The van der Waals surface area contributed by atoms with Crippen molar-refractivity contribution in [3.63, 3.8) is 0 Å². The van der Waals surface area contributed by atoms with Crippen LogP contribution in [0.5, 0.6) is 0 Å². The number of hydrogen-bond donors (Lipinski definition) is 1. The third-order valence-electron chi connectivity index (χ3n) is 6.17. The average molecular weight is 444 g/mol. The standard InChI is InChI=1S/C21H25N5O4S/c1-13-10-15(24(3)22-13)12-25-18-7-6-16(31(29,30)23-21(2)8-9-21)11-17(18)19(27)26(20(25)28)14-4-5-14/h6-7,10-11,14,23H,4-5,8-9,12H2,1-3H3. The molecular weight excluding hydrogens is 418 g/mol. The second-order valence-electron chi connectivity index (χ2n) is 9.02. The average Bonchev–Trinajstić information content (AvgIpc) is 3.61. The maximum Gasteiger partial charge on any atom is 0.332 e. The van der Waals surface area contributed by atoms with Crippen molar-refractivity contribution in [2.75, 3.05) is 0 Å². The van der Waals surface area contributed by atoms with Crippen LogP contribution in [0.1, 0.15) is 50.0 Å². The van der Waals surface area contributed by atoms with Crippen molar-refractivity contribution >= 4 is 20.9 Å². The van der Waals surface area contributed by atoms with Crippen LogP contribution in [0.2, 0.25) is 0 Å². The second-order valence-corrected chi connectivity index (χ2v) is 10.7. The summed E-state index contributed by atoms with van der Waals surface area (Å²) >= 11 is 0. The molecule has 1 aromatic carbocycles. The van der Waals surface area contributed by atoms with Crippen molar-refractivity contribution in [1.29, 1.82) is 0 Å². The van der Waals surface area contributed by atoms with E-state index in [1.807, 2.05) is 19.9 Å². The molecule has 2 fully saturated rings. The van der Waals surface area contributed by atoms with Gasteiger partial charge < -0.3 is 0 Å². The first-order chi connectivity index (χ1) is 14.6. The lowest BCUT2D eigenvalue weighted by Gasteiger charge is -2.16. The second kappa shape index (κ2) is 6.64. The fourth-order valence-corrected chi connectivity index (χ4v) is 5.48. The summed E-state index contributed by atoms with van der Waals surface area (Å²) in [6.45, 7) is 3.97. The van der Waals surface area contributed by atoms with Gasteiger partial charge in [0.2, 0.25) is 10.0 Å². The first-order valence-electron chi connectivity index (χ1n) is 10.4. The third kappa shape index (κ3) is 3.53. The normalized spacial score (nSPS) is 17.9.